The molecular formula is C14H18N4O2. The lowest BCUT2D eigenvalue weighted by molar-refractivity contribution is 0.0939. The lowest BCUT2D eigenvalue weighted by Gasteiger charge is -2.14. The molecule has 6 heteroatoms. The third-order valence-corrected chi connectivity index (χ3v) is 3.21. The van der Waals surface area contributed by atoms with Crippen LogP contribution in [-0.4, -0.2) is 21.1 Å². The van der Waals surface area contributed by atoms with Gasteiger partial charge in [0.25, 0.3) is 5.91 Å². The van der Waals surface area contributed by atoms with Crippen molar-refractivity contribution in [1.29, 1.82) is 0 Å². The lowest BCUT2D eigenvalue weighted by atomic mass is 10.1. The predicted octanol–water partition coefficient (Wildman–Crippen LogP) is 1.51. The first-order chi connectivity index (χ1) is 9.38. The summed E-state index contributed by atoms with van der Waals surface area (Å²) in [7, 11) is 0. The number of amides is 1. The first-order valence-electron chi connectivity index (χ1n) is 6.41. The maximum absolute atomic E-state index is 12.2. The van der Waals surface area contributed by atoms with Gasteiger partial charge in [-0.05, 0) is 33.8 Å². The molecule has 0 saturated carbocycles. The van der Waals surface area contributed by atoms with Gasteiger partial charge in [0.2, 0.25) is 5.56 Å². The summed E-state index contributed by atoms with van der Waals surface area (Å²) < 4.78 is 0. The van der Waals surface area contributed by atoms with Gasteiger partial charge in [-0.1, -0.05) is 0 Å². The molecule has 2 aromatic rings. The second kappa shape index (κ2) is 5.32. The minimum absolute atomic E-state index is 0.180. The van der Waals surface area contributed by atoms with Crippen LogP contribution in [0.2, 0.25) is 0 Å². The third kappa shape index (κ3) is 2.79. The summed E-state index contributed by atoms with van der Waals surface area (Å²) in [4.78, 5) is 26.2. The number of rotatable bonds is 3. The molecule has 0 bridgehead atoms. The molecule has 2 rings (SSSR count). The molecular weight excluding hydrogens is 256 g/mol. The second-order valence-corrected chi connectivity index (χ2v) is 4.96. The SMILES string of the molecule is Cc1cc(C(=O)NC(C)c2c(C)n[nH]c2C)cc(=O)[nH]1. The molecule has 3 N–H and O–H groups in total. The Hall–Kier alpha value is -2.37. The van der Waals surface area contributed by atoms with Crippen LogP contribution in [0, 0.1) is 20.8 Å². The van der Waals surface area contributed by atoms with E-state index in [1.165, 1.54) is 6.07 Å². The molecule has 6 nitrogen and oxygen atoms in total. The summed E-state index contributed by atoms with van der Waals surface area (Å²) in [5.41, 5.74) is 3.50. The number of carbonyl (C=O) groups is 1. The molecule has 0 saturated heterocycles. The van der Waals surface area contributed by atoms with Gasteiger partial charge in [-0.2, -0.15) is 5.10 Å². The van der Waals surface area contributed by atoms with Crippen LogP contribution < -0.4 is 10.9 Å². The van der Waals surface area contributed by atoms with E-state index in [0.717, 1.165) is 17.0 Å². The van der Waals surface area contributed by atoms with Crippen molar-refractivity contribution in [2.24, 2.45) is 0 Å². The zero-order valence-electron chi connectivity index (χ0n) is 12.0. The smallest absolute Gasteiger partial charge is 0.252 e. The van der Waals surface area contributed by atoms with Crippen molar-refractivity contribution in [3.8, 4) is 0 Å². The summed E-state index contributed by atoms with van der Waals surface area (Å²) in [6.07, 6.45) is 0. The van der Waals surface area contributed by atoms with E-state index in [1.54, 1.807) is 13.0 Å². The number of aromatic nitrogens is 3. The number of nitrogens with zero attached hydrogens (tertiary/aromatic N) is 1. The Labute approximate surface area is 116 Å². The van der Waals surface area contributed by atoms with E-state index >= 15 is 0 Å². The van der Waals surface area contributed by atoms with E-state index in [-0.39, 0.29) is 17.5 Å². The number of hydrogen-bond acceptors (Lipinski definition) is 3. The summed E-state index contributed by atoms with van der Waals surface area (Å²) in [6.45, 7) is 7.43. The Bertz CT molecular complexity index is 680. The molecule has 106 valence electrons. The van der Waals surface area contributed by atoms with Gasteiger partial charge in [-0.15, -0.1) is 0 Å². The van der Waals surface area contributed by atoms with E-state index in [1.807, 2.05) is 20.8 Å². The first-order valence-corrected chi connectivity index (χ1v) is 6.41. The van der Waals surface area contributed by atoms with Gasteiger partial charge in [0.1, 0.15) is 0 Å². The predicted molar refractivity (Wildman–Crippen MR) is 75.7 cm³/mol. The van der Waals surface area contributed by atoms with Crippen molar-refractivity contribution in [2.45, 2.75) is 33.7 Å². The minimum Gasteiger partial charge on any atom is -0.345 e. The highest BCUT2D eigenvalue weighted by Gasteiger charge is 2.17. The first kappa shape index (κ1) is 14.0. The van der Waals surface area contributed by atoms with Crippen molar-refractivity contribution in [2.75, 3.05) is 0 Å². The van der Waals surface area contributed by atoms with Crippen LogP contribution in [0.4, 0.5) is 0 Å². The molecule has 1 amide bonds. The Morgan fingerprint density at radius 1 is 1.30 bits per heavy atom. The number of aryl methyl sites for hydroxylation is 3. The van der Waals surface area contributed by atoms with E-state index in [4.69, 9.17) is 0 Å². The normalized spacial score (nSPS) is 12.2. The zero-order chi connectivity index (χ0) is 14.9. The summed E-state index contributed by atoms with van der Waals surface area (Å²) in [6, 6.07) is 2.77. The van der Waals surface area contributed by atoms with Crippen LogP contribution in [0.3, 0.4) is 0 Å². The Morgan fingerprint density at radius 3 is 2.55 bits per heavy atom. The maximum Gasteiger partial charge on any atom is 0.252 e. The molecule has 0 spiro atoms. The van der Waals surface area contributed by atoms with E-state index in [2.05, 4.69) is 20.5 Å². The van der Waals surface area contributed by atoms with Gasteiger partial charge < -0.3 is 10.3 Å². The molecule has 0 radical (unpaired) electrons. The highest BCUT2D eigenvalue weighted by Crippen LogP contribution is 2.19. The van der Waals surface area contributed by atoms with Crippen LogP contribution in [0.25, 0.3) is 0 Å². The largest absolute Gasteiger partial charge is 0.345 e. The van der Waals surface area contributed by atoms with Crippen LogP contribution in [0.15, 0.2) is 16.9 Å². The van der Waals surface area contributed by atoms with Crippen molar-refractivity contribution in [3.63, 3.8) is 0 Å². The molecule has 1 unspecified atom stereocenters. The van der Waals surface area contributed by atoms with Crippen LogP contribution in [0.1, 0.15) is 46.0 Å². The highest BCUT2D eigenvalue weighted by molar-refractivity contribution is 5.94. The van der Waals surface area contributed by atoms with E-state index in [9.17, 15) is 9.59 Å². The molecule has 2 aromatic heterocycles. The third-order valence-electron chi connectivity index (χ3n) is 3.21. The minimum atomic E-state index is -0.279. The van der Waals surface area contributed by atoms with Gasteiger partial charge >= 0.3 is 0 Å². The Morgan fingerprint density at radius 2 is 2.00 bits per heavy atom. The van der Waals surface area contributed by atoms with Crippen molar-refractivity contribution in [1.82, 2.24) is 20.5 Å². The fourth-order valence-electron chi connectivity index (χ4n) is 2.36. The van der Waals surface area contributed by atoms with Crippen LogP contribution in [-0.2, 0) is 0 Å². The van der Waals surface area contributed by atoms with Crippen molar-refractivity contribution < 1.29 is 4.79 Å². The standard InChI is InChI=1S/C14H18N4O2/c1-7-5-11(6-12(19)15-7)14(20)16-8(2)13-9(3)17-18-10(13)4/h5-6,8H,1-4H3,(H,15,19)(H,16,20)(H,17,18). The number of aromatic amines is 2. The lowest BCUT2D eigenvalue weighted by Crippen LogP contribution is -2.28. The van der Waals surface area contributed by atoms with Gasteiger partial charge in [0, 0.05) is 28.6 Å². The highest BCUT2D eigenvalue weighted by atomic mass is 16.2. The Balaban J connectivity index is 2.21. The van der Waals surface area contributed by atoms with Gasteiger partial charge in [-0.25, -0.2) is 0 Å². The monoisotopic (exact) mass is 274 g/mol. The summed E-state index contributed by atoms with van der Waals surface area (Å²) >= 11 is 0. The molecule has 1 atom stereocenters. The van der Waals surface area contributed by atoms with E-state index in [0.29, 0.717) is 11.3 Å². The molecule has 20 heavy (non-hydrogen) atoms. The number of carbonyl (C=O) groups excluding carboxylic acids is 1. The van der Waals surface area contributed by atoms with Crippen LogP contribution >= 0.6 is 0 Å². The molecule has 0 aromatic carbocycles. The quantitative estimate of drug-likeness (QED) is 0.792. The average Bonchev–Trinajstić information content (AvgIpc) is 2.67. The molecule has 0 aliphatic heterocycles. The van der Waals surface area contributed by atoms with Gasteiger partial charge in [0.15, 0.2) is 0 Å². The molecule has 0 aliphatic carbocycles. The fourth-order valence-corrected chi connectivity index (χ4v) is 2.36. The number of nitrogens with one attached hydrogen (secondary N) is 3. The Kier molecular flexibility index (Phi) is 3.74. The summed E-state index contributed by atoms with van der Waals surface area (Å²) in [5.74, 6) is -0.272. The molecule has 0 aliphatic rings. The van der Waals surface area contributed by atoms with Gasteiger partial charge in [0.05, 0.1) is 11.7 Å². The van der Waals surface area contributed by atoms with Crippen LogP contribution in [0.5, 0.6) is 0 Å². The summed E-state index contributed by atoms with van der Waals surface area (Å²) in [5, 5.41) is 9.89. The second-order valence-electron chi connectivity index (χ2n) is 4.96. The number of hydrogen-bond donors (Lipinski definition) is 3. The van der Waals surface area contributed by atoms with Crippen molar-refractivity contribution >= 4 is 5.91 Å². The average molecular weight is 274 g/mol. The number of H-pyrrole nitrogens is 2. The maximum atomic E-state index is 12.2. The van der Waals surface area contributed by atoms with Gasteiger partial charge in [-0.3, -0.25) is 14.7 Å². The molecule has 2 heterocycles. The van der Waals surface area contributed by atoms with E-state index < -0.39 is 0 Å². The number of pyridine rings is 1. The molecule has 0 fully saturated rings. The zero-order valence-corrected chi connectivity index (χ0v) is 12.0. The topological polar surface area (TPSA) is 90.6 Å². The fraction of sp³-hybridized carbons (Fsp3) is 0.357. The van der Waals surface area contributed by atoms with Crippen molar-refractivity contribution in [3.05, 3.63) is 50.7 Å².